The van der Waals surface area contributed by atoms with Crippen LogP contribution in [-0.4, -0.2) is 33.7 Å². The first-order valence-electron chi connectivity index (χ1n) is 3.77. The largest absolute Gasteiger partial charge is 0.726 e. The second-order valence-electron chi connectivity index (χ2n) is 2.13. The van der Waals surface area contributed by atoms with Crippen LogP contribution in [0.3, 0.4) is 0 Å². The first-order valence-corrected chi connectivity index (χ1v) is 5.10. The topological polar surface area (TPSA) is 83.0 Å². The third-order valence-corrected chi connectivity index (χ3v) is 1.46. The van der Waals surface area contributed by atoms with Crippen molar-refractivity contribution in [2.75, 3.05) is 20.7 Å². The predicted octanol–water partition coefficient (Wildman–Crippen LogP) is -0.927. The van der Waals surface area contributed by atoms with Gasteiger partial charge in [0.15, 0.2) is 0 Å². The van der Waals surface area contributed by atoms with Crippen molar-refractivity contribution in [3.05, 3.63) is 0 Å². The van der Waals surface area contributed by atoms with E-state index in [1.807, 2.05) is 0 Å². The van der Waals surface area contributed by atoms with Gasteiger partial charge < -0.3 is 9.87 Å². The molecule has 0 saturated heterocycles. The van der Waals surface area contributed by atoms with Gasteiger partial charge in [-0.2, -0.15) is 0 Å². The summed E-state index contributed by atoms with van der Waals surface area (Å²) in [6, 6.07) is 0. The van der Waals surface area contributed by atoms with Crippen molar-refractivity contribution in [1.82, 2.24) is 0 Å². The van der Waals surface area contributed by atoms with Crippen molar-refractivity contribution in [3.63, 3.8) is 0 Å². The lowest BCUT2D eigenvalue weighted by Crippen LogP contribution is -2.79. The highest BCUT2D eigenvalue weighted by molar-refractivity contribution is 7.80. The minimum absolute atomic E-state index is 0.808. The molecule has 0 atom stereocenters. The number of hydrogen-bond donors (Lipinski definition) is 1. The Morgan fingerprint density at radius 1 is 1.50 bits per heavy atom. The molecule has 76 valence electrons. The Kier molecular flexibility index (Phi) is 10.7. The van der Waals surface area contributed by atoms with Crippen LogP contribution in [-0.2, 0) is 14.6 Å². The molecule has 0 aromatic heterocycles. The number of unbranched alkanes of at least 4 members (excludes halogenated alkanes) is 1. The van der Waals surface area contributed by atoms with E-state index < -0.39 is 10.4 Å². The second kappa shape index (κ2) is 8.92. The Bertz CT molecular complexity index is 162. The van der Waals surface area contributed by atoms with Crippen LogP contribution in [0.25, 0.3) is 0 Å². The predicted molar refractivity (Wildman–Crippen MR) is 44.3 cm³/mol. The van der Waals surface area contributed by atoms with Crippen molar-refractivity contribution in [3.8, 4) is 0 Å². The van der Waals surface area contributed by atoms with Crippen LogP contribution in [0.2, 0.25) is 0 Å². The van der Waals surface area contributed by atoms with Crippen molar-refractivity contribution >= 4 is 10.4 Å². The molecular formula is C6H17NO4S. The summed E-state index contributed by atoms with van der Waals surface area (Å²) in [5.74, 6) is 0. The van der Waals surface area contributed by atoms with E-state index in [1.54, 1.807) is 0 Å². The molecule has 0 aliphatic heterocycles. The van der Waals surface area contributed by atoms with Gasteiger partial charge in [-0.25, -0.2) is 8.42 Å². The number of rotatable bonds is 4. The zero-order chi connectivity index (χ0) is 10.0. The van der Waals surface area contributed by atoms with Crippen molar-refractivity contribution in [1.29, 1.82) is 0 Å². The minimum atomic E-state index is -4.41. The fourth-order valence-electron chi connectivity index (χ4n) is 0.408. The Morgan fingerprint density at radius 2 is 1.92 bits per heavy atom. The quantitative estimate of drug-likeness (QED) is 0.360. The molecule has 0 unspecified atom stereocenters. The van der Waals surface area contributed by atoms with E-state index >= 15 is 0 Å². The van der Waals surface area contributed by atoms with Crippen LogP contribution in [0, 0.1) is 0 Å². The Morgan fingerprint density at radius 3 is 2.00 bits per heavy atom. The first kappa shape index (κ1) is 14.4. The fourth-order valence-corrected chi connectivity index (χ4v) is 0.408. The lowest BCUT2D eigenvalue weighted by Gasteiger charge is -1.98. The Balaban J connectivity index is 0. The van der Waals surface area contributed by atoms with Gasteiger partial charge in [-0.1, -0.05) is 13.3 Å². The third-order valence-electron chi connectivity index (χ3n) is 1.05. The third kappa shape index (κ3) is 22.5. The van der Waals surface area contributed by atoms with Gasteiger partial charge in [-0.15, -0.1) is 0 Å². The molecule has 2 N–H and O–H groups in total. The summed E-state index contributed by atoms with van der Waals surface area (Å²) in [4.78, 5) is 0. The van der Waals surface area contributed by atoms with Crippen molar-refractivity contribution in [2.24, 2.45) is 0 Å². The Hall–Kier alpha value is -0.170. The van der Waals surface area contributed by atoms with Gasteiger partial charge in [0, 0.05) is 0 Å². The SMILES string of the molecule is CCCC[NH2+]C.COS(=O)(=O)[O-]. The van der Waals surface area contributed by atoms with E-state index in [1.165, 1.54) is 19.4 Å². The van der Waals surface area contributed by atoms with Crippen LogP contribution in [0.1, 0.15) is 19.8 Å². The molecule has 0 radical (unpaired) electrons. The Labute approximate surface area is 74.1 Å². The van der Waals surface area contributed by atoms with Crippen LogP contribution < -0.4 is 5.32 Å². The highest BCUT2D eigenvalue weighted by atomic mass is 32.3. The maximum Gasteiger partial charge on any atom is 0.217 e. The molecule has 0 saturated carbocycles. The van der Waals surface area contributed by atoms with Crippen molar-refractivity contribution < 1.29 is 22.5 Å². The number of nitrogens with two attached hydrogens (primary N) is 1. The van der Waals surface area contributed by atoms with Gasteiger partial charge in [0.25, 0.3) is 0 Å². The van der Waals surface area contributed by atoms with E-state index in [4.69, 9.17) is 0 Å². The van der Waals surface area contributed by atoms with Gasteiger partial charge in [-0.3, -0.25) is 4.18 Å². The summed E-state index contributed by atoms with van der Waals surface area (Å²) in [5.41, 5.74) is 0. The van der Waals surface area contributed by atoms with E-state index in [9.17, 15) is 13.0 Å². The number of hydrogen-bond acceptors (Lipinski definition) is 4. The van der Waals surface area contributed by atoms with Gasteiger partial charge in [0.1, 0.15) is 0 Å². The van der Waals surface area contributed by atoms with E-state index in [2.05, 4.69) is 23.5 Å². The molecule has 12 heavy (non-hydrogen) atoms. The smallest absolute Gasteiger partial charge is 0.217 e. The summed E-state index contributed by atoms with van der Waals surface area (Å²) < 4.78 is 31.0. The summed E-state index contributed by atoms with van der Waals surface area (Å²) in [6.07, 6.45) is 2.68. The first-order chi connectivity index (χ1) is 5.47. The zero-order valence-corrected chi connectivity index (χ0v) is 8.56. The maximum atomic E-state index is 9.22. The van der Waals surface area contributed by atoms with E-state index in [0.29, 0.717) is 0 Å². The molecule has 0 aliphatic rings. The summed E-state index contributed by atoms with van der Waals surface area (Å²) in [5, 5.41) is 2.21. The van der Waals surface area contributed by atoms with Gasteiger partial charge in [0.05, 0.1) is 20.7 Å². The second-order valence-corrected chi connectivity index (χ2v) is 3.28. The summed E-state index contributed by atoms with van der Waals surface area (Å²) in [6.45, 7) is 3.50. The fraction of sp³-hybridized carbons (Fsp3) is 1.00. The lowest BCUT2D eigenvalue weighted by atomic mass is 10.3. The molecule has 0 rings (SSSR count). The van der Waals surface area contributed by atoms with Gasteiger partial charge in [-0.05, 0) is 6.42 Å². The molecule has 0 spiro atoms. The average molecular weight is 199 g/mol. The molecule has 0 aliphatic carbocycles. The normalized spacial score (nSPS) is 10.3. The lowest BCUT2D eigenvalue weighted by molar-refractivity contribution is -0.627. The standard InChI is InChI=1S/C5H13N.CH4O4S/c1-3-4-5-6-2;1-5-6(2,3)4/h6H,3-5H2,1-2H3;1H3,(H,2,3,4). The van der Waals surface area contributed by atoms with Gasteiger partial charge >= 0.3 is 0 Å². The molecular weight excluding hydrogens is 182 g/mol. The van der Waals surface area contributed by atoms with Crippen LogP contribution in [0.15, 0.2) is 0 Å². The van der Waals surface area contributed by atoms with E-state index in [0.717, 1.165) is 7.11 Å². The molecule has 0 bridgehead atoms. The van der Waals surface area contributed by atoms with E-state index in [-0.39, 0.29) is 0 Å². The molecule has 0 heterocycles. The monoisotopic (exact) mass is 199 g/mol. The summed E-state index contributed by atoms with van der Waals surface area (Å²) in [7, 11) is -1.50. The molecule has 6 heteroatoms. The van der Waals surface area contributed by atoms with Crippen LogP contribution >= 0.6 is 0 Å². The van der Waals surface area contributed by atoms with Crippen molar-refractivity contribution in [2.45, 2.75) is 19.8 Å². The van der Waals surface area contributed by atoms with Gasteiger partial charge in [0.2, 0.25) is 10.4 Å². The highest BCUT2D eigenvalue weighted by Crippen LogP contribution is 1.76. The molecule has 0 aromatic carbocycles. The molecule has 0 fully saturated rings. The van der Waals surface area contributed by atoms with Crippen LogP contribution in [0.5, 0.6) is 0 Å². The maximum absolute atomic E-state index is 9.22. The zero-order valence-electron chi connectivity index (χ0n) is 7.74. The minimum Gasteiger partial charge on any atom is -0.726 e. The number of quaternary nitrogens is 1. The molecule has 5 nitrogen and oxygen atoms in total. The summed E-state index contributed by atoms with van der Waals surface area (Å²) >= 11 is 0. The average Bonchev–Trinajstić information content (AvgIpc) is 2.01. The highest BCUT2D eigenvalue weighted by Gasteiger charge is 1.79. The van der Waals surface area contributed by atoms with Crippen LogP contribution in [0.4, 0.5) is 0 Å². The molecule has 0 aromatic rings. The molecule has 0 amide bonds.